The van der Waals surface area contributed by atoms with Crippen LogP contribution >= 0.6 is 0 Å². The molecule has 110 valence electrons. The van der Waals surface area contributed by atoms with E-state index < -0.39 is 18.0 Å². The number of primary amides is 1. The number of carbonyl (C=O) groups is 2. The summed E-state index contributed by atoms with van der Waals surface area (Å²) in [5.41, 5.74) is 13.7. The third-order valence-electron chi connectivity index (χ3n) is 3.97. The molecule has 2 heterocycles. The van der Waals surface area contributed by atoms with E-state index in [4.69, 9.17) is 11.5 Å². The van der Waals surface area contributed by atoms with E-state index in [1.807, 2.05) is 24.3 Å². The van der Waals surface area contributed by atoms with Crippen LogP contribution in [0, 0.1) is 0 Å². The molecule has 6 heteroatoms. The number of aromatic amines is 1. The lowest BCUT2D eigenvalue weighted by Gasteiger charge is -2.28. The first-order valence-electron chi connectivity index (χ1n) is 6.99. The molecule has 0 radical (unpaired) electrons. The van der Waals surface area contributed by atoms with Crippen LogP contribution in [0.25, 0.3) is 10.9 Å². The minimum absolute atomic E-state index is 0.0312. The van der Waals surface area contributed by atoms with Crippen molar-refractivity contribution in [1.82, 2.24) is 10.3 Å². The fraction of sp³-hybridized carbons (Fsp3) is 0.333. The van der Waals surface area contributed by atoms with Gasteiger partial charge in [0, 0.05) is 23.0 Å². The van der Waals surface area contributed by atoms with Crippen molar-refractivity contribution < 1.29 is 9.59 Å². The molecule has 1 aliphatic heterocycles. The van der Waals surface area contributed by atoms with Crippen molar-refractivity contribution in [3.63, 3.8) is 0 Å². The first kappa shape index (κ1) is 13.8. The number of para-hydroxylation sites is 1. The van der Waals surface area contributed by atoms with Gasteiger partial charge in [-0.25, -0.2) is 0 Å². The van der Waals surface area contributed by atoms with Gasteiger partial charge in [0.15, 0.2) is 5.78 Å². The standard InChI is InChI=1S/C15H18N4O2/c16-6-5-12(20)14-13-9(7-11(19-14)15(17)21)8-3-1-2-4-10(8)18-13/h1-4,11,14,18-19H,5-7,16H2,(H2,17,21). The van der Waals surface area contributed by atoms with Gasteiger partial charge in [0.25, 0.3) is 0 Å². The van der Waals surface area contributed by atoms with Crippen molar-refractivity contribution >= 4 is 22.6 Å². The normalized spacial score (nSPS) is 21.2. The van der Waals surface area contributed by atoms with E-state index in [9.17, 15) is 9.59 Å². The van der Waals surface area contributed by atoms with Crippen LogP contribution in [0.2, 0.25) is 0 Å². The van der Waals surface area contributed by atoms with Gasteiger partial charge >= 0.3 is 0 Å². The van der Waals surface area contributed by atoms with Gasteiger partial charge in [-0.05, 0) is 24.6 Å². The third kappa shape index (κ3) is 2.32. The van der Waals surface area contributed by atoms with E-state index in [1.165, 1.54) is 0 Å². The van der Waals surface area contributed by atoms with Crippen molar-refractivity contribution in [2.75, 3.05) is 6.54 Å². The molecule has 0 saturated carbocycles. The lowest BCUT2D eigenvalue weighted by atomic mass is 9.91. The number of hydrogen-bond donors (Lipinski definition) is 4. The average Bonchev–Trinajstić information content (AvgIpc) is 2.85. The van der Waals surface area contributed by atoms with Crippen LogP contribution in [0.5, 0.6) is 0 Å². The van der Waals surface area contributed by atoms with Crippen molar-refractivity contribution in [1.29, 1.82) is 0 Å². The Morgan fingerprint density at radius 1 is 1.29 bits per heavy atom. The fourth-order valence-electron chi connectivity index (χ4n) is 2.96. The maximum Gasteiger partial charge on any atom is 0.234 e. The number of aromatic nitrogens is 1. The lowest BCUT2D eigenvalue weighted by Crippen LogP contribution is -2.49. The maximum atomic E-state index is 12.3. The van der Waals surface area contributed by atoms with Crippen LogP contribution in [-0.4, -0.2) is 29.3 Å². The Morgan fingerprint density at radius 3 is 2.76 bits per heavy atom. The number of amides is 1. The van der Waals surface area contributed by atoms with Crippen LogP contribution in [0.15, 0.2) is 24.3 Å². The Morgan fingerprint density at radius 2 is 2.05 bits per heavy atom. The summed E-state index contributed by atoms with van der Waals surface area (Å²) >= 11 is 0. The molecular weight excluding hydrogens is 268 g/mol. The van der Waals surface area contributed by atoms with Gasteiger partial charge in [-0.3, -0.25) is 14.9 Å². The van der Waals surface area contributed by atoms with E-state index in [2.05, 4.69) is 10.3 Å². The van der Waals surface area contributed by atoms with Gasteiger partial charge in [0.2, 0.25) is 5.91 Å². The number of rotatable bonds is 4. The molecule has 6 N–H and O–H groups in total. The summed E-state index contributed by atoms with van der Waals surface area (Å²) in [7, 11) is 0. The zero-order chi connectivity index (χ0) is 15.0. The summed E-state index contributed by atoms with van der Waals surface area (Å²) in [6.07, 6.45) is 0.749. The van der Waals surface area contributed by atoms with Gasteiger partial charge < -0.3 is 16.5 Å². The van der Waals surface area contributed by atoms with Crippen molar-refractivity contribution in [2.24, 2.45) is 11.5 Å². The Balaban J connectivity index is 2.11. The van der Waals surface area contributed by atoms with Gasteiger partial charge in [0.1, 0.15) is 6.04 Å². The third-order valence-corrected chi connectivity index (χ3v) is 3.97. The highest BCUT2D eigenvalue weighted by Crippen LogP contribution is 2.32. The fourth-order valence-corrected chi connectivity index (χ4v) is 2.96. The van der Waals surface area contributed by atoms with Crippen molar-refractivity contribution in [2.45, 2.75) is 24.9 Å². The molecule has 2 aromatic rings. The first-order valence-corrected chi connectivity index (χ1v) is 6.99. The van der Waals surface area contributed by atoms with Crippen LogP contribution in [0.4, 0.5) is 0 Å². The van der Waals surface area contributed by atoms with Crippen molar-refractivity contribution in [3.8, 4) is 0 Å². The predicted octanol–water partition coefficient (Wildman–Crippen LogP) is 0.127. The minimum Gasteiger partial charge on any atom is -0.368 e. The smallest absolute Gasteiger partial charge is 0.234 e. The molecule has 2 unspecified atom stereocenters. The second-order valence-electron chi connectivity index (χ2n) is 5.33. The van der Waals surface area contributed by atoms with Crippen LogP contribution in [-0.2, 0) is 16.0 Å². The number of carbonyl (C=O) groups excluding carboxylic acids is 2. The molecule has 0 bridgehead atoms. The average molecular weight is 286 g/mol. The van der Waals surface area contributed by atoms with E-state index >= 15 is 0 Å². The number of fused-ring (bicyclic) bond motifs is 3. The molecule has 0 aliphatic carbocycles. The quantitative estimate of drug-likeness (QED) is 0.639. The summed E-state index contributed by atoms with van der Waals surface area (Å²) in [6.45, 7) is 0.286. The summed E-state index contributed by atoms with van der Waals surface area (Å²) < 4.78 is 0. The van der Waals surface area contributed by atoms with Crippen LogP contribution in [0.3, 0.4) is 0 Å². The molecule has 21 heavy (non-hydrogen) atoms. The topological polar surface area (TPSA) is 114 Å². The highest BCUT2D eigenvalue weighted by Gasteiger charge is 2.35. The molecule has 1 aliphatic rings. The Hall–Kier alpha value is -2.18. The first-order chi connectivity index (χ1) is 10.1. The predicted molar refractivity (Wildman–Crippen MR) is 79.5 cm³/mol. The molecule has 2 atom stereocenters. The molecule has 3 rings (SSSR count). The Kier molecular flexibility index (Phi) is 3.48. The molecule has 0 spiro atoms. The van der Waals surface area contributed by atoms with Crippen LogP contribution < -0.4 is 16.8 Å². The van der Waals surface area contributed by atoms with Gasteiger partial charge in [-0.2, -0.15) is 0 Å². The number of Topliss-reactive ketones (excluding diaryl/α,β-unsaturated/α-hetero) is 1. The molecule has 0 fully saturated rings. The second kappa shape index (κ2) is 5.31. The summed E-state index contributed by atoms with van der Waals surface area (Å²) in [5, 5.41) is 4.08. The summed E-state index contributed by atoms with van der Waals surface area (Å²) in [4.78, 5) is 27.1. The number of hydrogen-bond acceptors (Lipinski definition) is 4. The molecule has 1 aromatic heterocycles. The van der Waals surface area contributed by atoms with Gasteiger partial charge in [-0.1, -0.05) is 18.2 Å². The molecule has 6 nitrogen and oxygen atoms in total. The van der Waals surface area contributed by atoms with E-state index in [1.54, 1.807) is 0 Å². The van der Waals surface area contributed by atoms with Crippen LogP contribution in [0.1, 0.15) is 23.7 Å². The SMILES string of the molecule is NCCC(=O)C1NC(C(N)=O)Cc2c1[nH]c1ccccc21. The van der Waals surface area contributed by atoms with Gasteiger partial charge in [-0.15, -0.1) is 0 Å². The zero-order valence-corrected chi connectivity index (χ0v) is 11.6. The summed E-state index contributed by atoms with van der Waals surface area (Å²) in [6, 6.07) is 6.72. The number of H-pyrrole nitrogens is 1. The number of ketones is 1. The van der Waals surface area contributed by atoms with E-state index in [0.717, 1.165) is 22.2 Å². The Bertz CT molecular complexity index is 707. The number of nitrogens with two attached hydrogens (primary N) is 2. The summed E-state index contributed by atoms with van der Waals surface area (Å²) in [5.74, 6) is -0.479. The Labute approximate surface area is 121 Å². The van der Waals surface area contributed by atoms with E-state index in [-0.39, 0.29) is 18.7 Å². The molecular formula is C15H18N4O2. The lowest BCUT2D eigenvalue weighted by molar-refractivity contribution is -0.123. The van der Waals surface area contributed by atoms with Crippen molar-refractivity contribution in [3.05, 3.63) is 35.5 Å². The zero-order valence-electron chi connectivity index (χ0n) is 11.6. The largest absolute Gasteiger partial charge is 0.368 e. The highest BCUT2D eigenvalue weighted by molar-refractivity contribution is 5.93. The molecule has 0 saturated heterocycles. The van der Waals surface area contributed by atoms with Gasteiger partial charge in [0.05, 0.1) is 6.04 Å². The minimum atomic E-state index is -0.554. The maximum absolute atomic E-state index is 12.3. The molecule has 1 amide bonds. The second-order valence-corrected chi connectivity index (χ2v) is 5.33. The number of nitrogens with one attached hydrogen (secondary N) is 2. The highest BCUT2D eigenvalue weighted by atomic mass is 16.1. The molecule has 1 aromatic carbocycles. The number of benzene rings is 1. The van der Waals surface area contributed by atoms with E-state index in [0.29, 0.717) is 6.42 Å². The monoisotopic (exact) mass is 286 g/mol.